The van der Waals surface area contributed by atoms with Gasteiger partial charge in [-0.1, -0.05) is 80.0 Å². The average Bonchev–Trinajstić information content (AvgIpc) is 2.93. The van der Waals surface area contributed by atoms with E-state index in [0.717, 1.165) is 20.2 Å². The van der Waals surface area contributed by atoms with Crippen LogP contribution in [-0.4, -0.2) is 62.7 Å². The molecule has 0 saturated heterocycles. The zero-order chi connectivity index (χ0) is 30.2. The number of nitrogens with one attached hydrogen (secondary N) is 1. The van der Waals surface area contributed by atoms with Gasteiger partial charge in [-0.25, -0.2) is 8.70 Å². The Balaban J connectivity index is 2.10. The monoisotopic (exact) mass is 602 g/mol. The van der Waals surface area contributed by atoms with E-state index in [4.69, 9.17) is 11.6 Å². The van der Waals surface area contributed by atoms with Crippen LogP contribution in [0.4, 0.5) is 10.1 Å². The summed E-state index contributed by atoms with van der Waals surface area (Å²) in [6.07, 6.45) is 0.178. The lowest BCUT2D eigenvalue weighted by molar-refractivity contribution is -0.140. The summed E-state index contributed by atoms with van der Waals surface area (Å²) in [5.74, 6) is -1.71. The van der Waals surface area contributed by atoms with Crippen LogP contribution < -0.4 is 9.62 Å². The van der Waals surface area contributed by atoms with Crippen LogP contribution in [0.25, 0.3) is 0 Å². The van der Waals surface area contributed by atoms with Crippen molar-refractivity contribution in [1.29, 1.82) is 0 Å². The van der Waals surface area contributed by atoms with Gasteiger partial charge < -0.3 is 10.2 Å². The van der Waals surface area contributed by atoms with Gasteiger partial charge in [0.2, 0.25) is 11.8 Å². The van der Waals surface area contributed by atoms with E-state index in [0.29, 0.717) is 17.1 Å². The number of hydrogen-bond acceptors (Lipinski definition) is 4. The molecule has 0 heterocycles. The Morgan fingerprint density at radius 2 is 1.56 bits per heavy atom. The van der Waals surface area contributed by atoms with Crippen LogP contribution in [-0.2, 0) is 32.8 Å². The third kappa shape index (κ3) is 8.76. The van der Waals surface area contributed by atoms with Crippen molar-refractivity contribution in [3.05, 3.63) is 101 Å². The Morgan fingerprint density at radius 3 is 2.17 bits per heavy atom. The zero-order valence-corrected chi connectivity index (χ0v) is 25.2. The van der Waals surface area contributed by atoms with E-state index in [1.807, 2.05) is 44.2 Å². The van der Waals surface area contributed by atoms with Crippen molar-refractivity contribution in [2.24, 2.45) is 5.92 Å². The zero-order valence-electron chi connectivity index (χ0n) is 23.6. The van der Waals surface area contributed by atoms with Crippen LogP contribution in [0, 0.1) is 11.7 Å². The molecule has 41 heavy (non-hydrogen) atoms. The van der Waals surface area contributed by atoms with Crippen LogP contribution in [0.1, 0.15) is 25.0 Å². The number of amides is 2. The van der Waals surface area contributed by atoms with Gasteiger partial charge in [-0.3, -0.25) is 9.59 Å². The van der Waals surface area contributed by atoms with Crippen LogP contribution in [0.15, 0.2) is 78.9 Å². The quantitative estimate of drug-likeness (QED) is 0.312. The molecule has 0 saturated carbocycles. The smallest absolute Gasteiger partial charge is 0.304 e. The normalized spacial score (nSPS) is 12.3. The fourth-order valence-corrected chi connectivity index (χ4v) is 5.44. The van der Waals surface area contributed by atoms with Crippen molar-refractivity contribution in [1.82, 2.24) is 14.5 Å². The Kier molecular flexibility index (Phi) is 11.3. The molecule has 0 aromatic heterocycles. The number of para-hydroxylation sites is 1. The van der Waals surface area contributed by atoms with Gasteiger partial charge in [0, 0.05) is 38.6 Å². The first kappa shape index (κ1) is 32.0. The molecule has 3 aromatic carbocycles. The number of carbonyl (C=O) groups is 2. The van der Waals surface area contributed by atoms with E-state index in [9.17, 15) is 22.4 Å². The predicted molar refractivity (Wildman–Crippen MR) is 160 cm³/mol. The summed E-state index contributed by atoms with van der Waals surface area (Å²) in [4.78, 5) is 29.1. The Morgan fingerprint density at radius 1 is 0.927 bits per heavy atom. The third-order valence-corrected chi connectivity index (χ3v) is 8.38. The number of benzene rings is 3. The Hall–Kier alpha value is -3.47. The highest BCUT2D eigenvalue weighted by molar-refractivity contribution is 7.90. The summed E-state index contributed by atoms with van der Waals surface area (Å²) in [5.41, 5.74) is 1.18. The molecule has 2 amide bonds. The molecule has 0 fully saturated rings. The van der Waals surface area contributed by atoms with Crippen molar-refractivity contribution >= 4 is 39.3 Å². The molecule has 1 N–H and O–H groups in total. The van der Waals surface area contributed by atoms with E-state index in [2.05, 4.69) is 5.32 Å². The second-order valence-corrected chi connectivity index (χ2v) is 12.7. The summed E-state index contributed by atoms with van der Waals surface area (Å²) in [7, 11) is -1.69. The topological polar surface area (TPSA) is 90.0 Å². The first-order valence-electron chi connectivity index (χ1n) is 13.2. The SMILES string of the molecule is CC(C)CNC(=O)[C@@H](Cc1ccccc1)N(Cc1cccc(Cl)c1)C(=O)CN(c1ccccc1F)S(=O)(=O)N(C)C. The molecular weight excluding hydrogens is 567 g/mol. The molecule has 8 nitrogen and oxygen atoms in total. The van der Waals surface area contributed by atoms with E-state index in [-0.39, 0.29) is 30.5 Å². The number of halogens is 2. The van der Waals surface area contributed by atoms with Gasteiger partial charge in [-0.05, 0) is 41.3 Å². The van der Waals surface area contributed by atoms with Crippen LogP contribution in [0.2, 0.25) is 5.02 Å². The Bertz CT molecular complexity index is 1440. The molecule has 3 aromatic rings. The van der Waals surface area contributed by atoms with Crippen molar-refractivity contribution in [3.8, 4) is 0 Å². The summed E-state index contributed by atoms with van der Waals surface area (Å²) < 4.78 is 43.2. The molecule has 0 aliphatic carbocycles. The lowest BCUT2D eigenvalue weighted by atomic mass is 10.0. The van der Waals surface area contributed by atoms with E-state index in [1.54, 1.807) is 24.3 Å². The summed E-state index contributed by atoms with van der Waals surface area (Å²) >= 11 is 6.22. The molecule has 1 atom stereocenters. The lowest BCUT2D eigenvalue weighted by Crippen LogP contribution is -2.54. The van der Waals surface area contributed by atoms with E-state index in [1.165, 1.54) is 37.2 Å². The molecule has 0 spiro atoms. The highest BCUT2D eigenvalue weighted by Gasteiger charge is 2.35. The van der Waals surface area contributed by atoms with Crippen LogP contribution in [0.5, 0.6) is 0 Å². The minimum absolute atomic E-state index is 0.0287. The van der Waals surface area contributed by atoms with Gasteiger partial charge in [0.25, 0.3) is 0 Å². The lowest BCUT2D eigenvalue weighted by Gasteiger charge is -2.34. The first-order chi connectivity index (χ1) is 19.4. The fourth-order valence-electron chi connectivity index (χ4n) is 4.16. The average molecular weight is 603 g/mol. The minimum atomic E-state index is -4.29. The second-order valence-electron chi connectivity index (χ2n) is 10.2. The van der Waals surface area contributed by atoms with Crippen LogP contribution >= 0.6 is 11.6 Å². The molecule has 0 aliphatic heterocycles. The molecule has 11 heteroatoms. The number of nitrogens with zero attached hydrogens (tertiary/aromatic N) is 3. The maximum Gasteiger partial charge on any atom is 0.304 e. The molecular formula is C30H36ClFN4O4S. The van der Waals surface area contributed by atoms with Gasteiger partial charge in [-0.15, -0.1) is 0 Å². The number of rotatable bonds is 13. The van der Waals surface area contributed by atoms with Gasteiger partial charge >= 0.3 is 10.2 Å². The molecule has 0 unspecified atom stereocenters. The molecule has 220 valence electrons. The van der Waals surface area contributed by atoms with Crippen LogP contribution in [0.3, 0.4) is 0 Å². The van der Waals surface area contributed by atoms with E-state index >= 15 is 0 Å². The maximum absolute atomic E-state index is 14.9. The van der Waals surface area contributed by atoms with Gasteiger partial charge in [0.1, 0.15) is 18.4 Å². The predicted octanol–water partition coefficient (Wildman–Crippen LogP) is 4.50. The highest BCUT2D eigenvalue weighted by atomic mass is 35.5. The van der Waals surface area contributed by atoms with Crippen molar-refractivity contribution < 1.29 is 22.4 Å². The molecule has 3 rings (SSSR count). The Labute approximate surface area is 246 Å². The number of anilines is 1. The molecule has 0 bridgehead atoms. The third-order valence-electron chi connectivity index (χ3n) is 6.34. The summed E-state index contributed by atoms with van der Waals surface area (Å²) in [6.45, 7) is 3.54. The standard InChI is InChI=1S/C30H36ClFN4O4S/c1-22(2)19-33-30(38)28(18-23-11-6-5-7-12-23)35(20-24-13-10-14-25(31)17-24)29(37)21-36(41(39,40)34(3)4)27-16-9-8-15-26(27)32/h5-17,22,28H,18-21H2,1-4H3,(H,33,38)/t28-/m1/s1. The molecule has 0 radical (unpaired) electrons. The summed E-state index contributed by atoms with van der Waals surface area (Å²) in [6, 6.07) is 20.4. The van der Waals surface area contributed by atoms with Gasteiger partial charge in [-0.2, -0.15) is 12.7 Å². The van der Waals surface area contributed by atoms with Gasteiger partial charge in [0.05, 0.1) is 5.69 Å². The van der Waals surface area contributed by atoms with Crippen molar-refractivity contribution in [3.63, 3.8) is 0 Å². The van der Waals surface area contributed by atoms with Gasteiger partial charge in [0.15, 0.2) is 0 Å². The molecule has 0 aliphatic rings. The number of hydrogen-bond donors (Lipinski definition) is 1. The van der Waals surface area contributed by atoms with Crippen molar-refractivity contribution in [2.75, 3.05) is 31.5 Å². The maximum atomic E-state index is 14.9. The van der Waals surface area contributed by atoms with Crippen molar-refractivity contribution in [2.45, 2.75) is 32.9 Å². The minimum Gasteiger partial charge on any atom is -0.354 e. The summed E-state index contributed by atoms with van der Waals surface area (Å²) in [5, 5.41) is 3.36. The first-order valence-corrected chi connectivity index (χ1v) is 15.0. The number of carbonyl (C=O) groups excluding carboxylic acids is 2. The largest absolute Gasteiger partial charge is 0.354 e. The van der Waals surface area contributed by atoms with E-state index < -0.39 is 34.5 Å². The highest BCUT2D eigenvalue weighted by Crippen LogP contribution is 2.24. The second kappa shape index (κ2) is 14.4. The fraction of sp³-hybridized carbons (Fsp3) is 0.333.